The molecule has 3 rings (SSSR count). The molecule has 4 heteroatoms. The number of ether oxygens (including phenoxy) is 1. The van der Waals surface area contributed by atoms with Crippen molar-refractivity contribution in [2.24, 2.45) is 0 Å². The van der Waals surface area contributed by atoms with Gasteiger partial charge in [0, 0.05) is 17.0 Å². The van der Waals surface area contributed by atoms with Gasteiger partial charge in [0.25, 0.3) is 0 Å². The Morgan fingerprint density at radius 1 is 1.24 bits per heavy atom. The third-order valence-electron chi connectivity index (χ3n) is 3.40. The van der Waals surface area contributed by atoms with Crippen LogP contribution in [0.4, 0.5) is 0 Å². The van der Waals surface area contributed by atoms with Crippen molar-refractivity contribution in [3.8, 4) is 5.75 Å². The van der Waals surface area contributed by atoms with Gasteiger partial charge in [0.15, 0.2) is 0 Å². The number of aromatic nitrogens is 1. The van der Waals surface area contributed by atoms with E-state index in [4.69, 9.17) is 9.26 Å². The predicted octanol–water partition coefficient (Wildman–Crippen LogP) is 3.77. The smallest absolute Gasteiger partial charge is 0.134 e. The van der Waals surface area contributed by atoms with Crippen LogP contribution in [0.3, 0.4) is 0 Å². The van der Waals surface area contributed by atoms with Crippen LogP contribution < -0.4 is 4.74 Å². The molecule has 1 N–H and O–H groups in total. The molecule has 0 bridgehead atoms. The first-order valence-electron chi connectivity index (χ1n) is 6.90. The van der Waals surface area contributed by atoms with Crippen LogP contribution in [0.1, 0.15) is 30.0 Å². The summed E-state index contributed by atoms with van der Waals surface area (Å²) in [6.45, 7) is 3.89. The number of fused-ring (bicyclic) bond motifs is 1. The van der Waals surface area contributed by atoms with Crippen LogP contribution in [-0.2, 0) is 6.61 Å². The van der Waals surface area contributed by atoms with Crippen LogP contribution in [0.25, 0.3) is 10.8 Å². The van der Waals surface area contributed by atoms with Gasteiger partial charge in [-0.1, -0.05) is 41.6 Å². The summed E-state index contributed by atoms with van der Waals surface area (Å²) in [6, 6.07) is 13.7. The molecule has 0 aliphatic rings. The predicted molar refractivity (Wildman–Crippen MR) is 80.2 cm³/mol. The van der Waals surface area contributed by atoms with E-state index in [2.05, 4.69) is 5.16 Å². The Balaban J connectivity index is 1.99. The van der Waals surface area contributed by atoms with E-state index in [1.165, 1.54) is 0 Å². The summed E-state index contributed by atoms with van der Waals surface area (Å²) in [5.74, 6) is 1.45. The lowest BCUT2D eigenvalue weighted by molar-refractivity contribution is 0.190. The highest BCUT2D eigenvalue weighted by molar-refractivity contribution is 5.89. The fraction of sp³-hybridized carbons (Fsp3) is 0.235. The third kappa shape index (κ3) is 2.76. The zero-order valence-electron chi connectivity index (χ0n) is 12.0. The molecule has 0 spiro atoms. The number of aliphatic hydroxyl groups excluding tert-OH is 1. The molecule has 21 heavy (non-hydrogen) atoms. The van der Waals surface area contributed by atoms with E-state index in [-0.39, 0.29) is 0 Å². The first kappa shape index (κ1) is 13.6. The van der Waals surface area contributed by atoms with E-state index >= 15 is 0 Å². The molecule has 1 unspecified atom stereocenters. The molecule has 3 aromatic rings. The van der Waals surface area contributed by atoms with E-state index in [0.717, 1.165) is 27.8 Å². The topological polar surface area (TPSA) is 55.5 Å². The summed E-state index contributed by atoms with van der Waals surface area (Å²) >= 11 is 0. The van der Waals surface area contributed by atoms with Crippen molar-refractivity contribution < 1.29 is 14.4 Å². The lowest BCUT2D eigenvalue weighted by atomic mass is 10.0. The summed E-state index contributed by atoms with van der Waals surface area (Å²) in [5.41, 5.74) is 1.51. The molecular formula is C17H17NO3. The number of aliphatic hydroxyl groups is 1. The molecule has 0 radical (unpaired) electrons. The normalized spacial score (nSPS) is 12.5. The van der Waals surface area contributed by atoms with E-state index in [1.807, 2.05) is 49.4 Å². The second-order valence-electron chi connectivity index (χ2n) is 5.10. The quantitative estimate of drug-likeness (QED) is 0.792. The van der Waals surface area contributed by atoms with Crippen LogP contribution in [0.2, 0.25) is 0 Å². The van der Waals surface area contributed by atoms with Crippen LogP contribution in [-0.4, -0.2) is 10.3 Å². The van der Waals surface area contributed by atoms with Crippen molar-refractivity contribution in [3.63, 3.8) is 0 Å². The minimum absolute atomic E-state index is 0.311. The molecule has 108 valence electrons. The standard InChI is InChI=1S/C17H17NO3/c1-11-9-14(18-21-11)10-20-17-15(12(2)19)8-7-13-5-3-4-6-16(13)17/h3-9,12,19H,10H2,1-2H3. The van der Waals surface area contributed by atoms with Gasteiger partial charge in [0.2, 0.25) is 0 Å². The van der Waals surface area contributed by atoms with Crippen molar-refractivity contribution in [2.45, 2.75) is 26.6 Å². The highest BCUT2D eigenvalue weighted by atomic mass is 16.5. The molecule has 2 aromatic carbocycles. The minimum atomic E-state index is -0.594. The highest BCUT2D eigenvalue weighted by Crippen LogP contribution is 2.34. The van der Waals surface area contributed by atoms with Gasteiger partial charge in [-0.15, -0.1) is 0 Å². The van der Waals surface area contributed by atoms with E-state index in [0.29, 0.717) is 12.4 Å². The SMILES string of the molecule is Cc1cc(COc2c(C(C)O)ccc3ccccc23)no1. The van der Waals surface area contributed by atoms with Crippen LogP contribution in [0, 0.1) is 6.92 Å². The van der Waals surface area contributed by atoms with Gasteiger partial charge in [-0.3, -0.25) is 0 Å². The molecule has 1 atom stereocenters. The number of hydrogen-bond acceptors (Lipinski definition) is 4. The van der Waals surface area contributed by atoms with Gasteiger partial charge >= 0.3 is 0 Å². The van der Waals surface area contributed by atoms with Crippen LogP contribution in [0.15, 0.2) is 47.0 Å². The fourth-order valence-electron chi connectivity index (χ4n) is 2.38. The molecule has 0 amide bonds. The Hall–Kier alpha value is -2.33. The zero-order valence-corrected chi connectivity index (χ0v) is 12.0. The Bertz CT molecular complexity index is 762. The first-order valence-corrected chi connectivity index (χ1v) is 6.90. The lowest BCUT2D eigenvalue weighted by Crippen LogP contribution is -2.02. The van der Waals surface area contributed by atoms with Gasteiger partial charge in [0.05, 0.1) is 6.10 Å². The maximum Gasteiger partial charge on any atom is 0.134 e. The molecule has 0 aliphatic heterocycles. The van der Waals surface area contributed by atoms with E-state index in [1.54, 1.807) is 6.92 Å². The van der Waals surface area contributed by atoms with Gasteiger partial charge in [-0.25, -0.2) is 0 Å². The molecule has 0 saturated carbocycles. The number of aryl methyl sites for hydroxylation is 1. The van der Waals surface area contributed by atoms with Gasteiger partial charge in [0.1, 0.15) is 23.8 Å². The molecule has 0 aliphatic carbocycles. The van der Waals surface area contributed by atoms with Crippen molar-refractivity contribution in [1.82, 2.24) is 5.16 Å². The minimum Gasteiger partial charge on any atom is -0.486 e. The average molecular weight is 283 g/mol. The Labute approximate surface area is 123 Å². The number of benzene rings is 2. The van der Waals surface area contributed by atoms with Gasteiger partial charge < -0.3 is 14.4 Å². The van der Waals surface area contributed by atoms with E-state index < -0.39 is 6.10 Å². The van der Waals surface area contributed by atoms with Crippen LogP contribution in [0.5, 0.6) is 5.75 Å². The summed E-state index contributed by atoms with van der Waals surface area (Å²) in [6.07, 6.45) is -0.594. The summed E-state index contributed by atoms with van der Waals surface area (Å²) in [5, 5.41) is 15.9. The number of nitrogens with zero attached hydrogens (tertiary/aromatic N) is 1. The van der Waals surface area contributed by atoms with Crippen molar-refractivity contribution >= 4 is 10.8 Å². The highest BCUT2D eigenvalue weighted by Gasteiger charge is 2.14. The molecule has 1 heterocycles. The molecule has 4 nitrogen and oxygen atoms in total. The van der Waals surface area contributed by atoms with Crippen LogP contribution >= 0.6 is 0 Å². The molecule has 1 aromatic heterocycles. The number of hydrogen-bond donors (Lipinski definition) is 1. The summed E-state index contributed by atoms with van der Waals surface area (Å²) < 4.78 is 11.0. The first-order chi connectivity index (χ1) is 10.1. The summed E-state index contributed by atoms with van der Waals surface area (Å²) in [4.78, 5) is 0. The average Bonchev–Trinajstić information content (AvgIpc) is 2.90. The zero-order chi connectivity index (χ0) is 14.8. The summed E-state index contributed by atoms with van der Waals surface area (Å²) in [7, 11) is 0. The Morgan fingerprint density at radius 3 is 2.76 bits per heavy atom. The molecule has 0 saturated heterocycles. The fourth-order valence-corrected chi connectivity index (χ4v) is 2.38. The molecule has 0 fully saturated rings. The van der Waals surface area contributed by atoms with Gasteiger partial charge in [-0.2, -0.15) is 0 Å². The van der Waals surface area contributed by atoms with Crippen molar-refractivity contribution in [3.05, 3.63) is 59.5 Å². The third-order valence-corrected chi connectivity index (χ3v) is 3.40. The Morgan fingerprint density at radius 2 is 2.05 bits per heavy atom. The Kier molecular flexibility index (Phi) is 3.62. The van der Waals surface area contributed by atoms with Gasteiger partial charge in [-0.05, 0) is 19.2 Å². The number of rotatable bonds is 4. The maximum atomic E-state index is 9.95. The van der Waals surface area contributed by atoms with Crippen molar-refractivity contribution in [2.75, 3.05) is 0 Å². The maximum absolute atomic E-state index is 9.95. The lowest BCUT2D eigenvalue weighted by Gasteiger charge is -2.15. The second-order valence-corrected chi connectivity index (χ2v) is 5.10. The van der Waals surface area contributed by atoms with E-state index in [9.17, 15) is 5.11 Å². The van der Waals surface area contributed by atoms with Crippen molar-refractivity contribution in [1.29, 1.82) is 0 Å². The largest absolute Gasteiger partial charge is 0.486 e. The molecular weight excluding hydrogens is 266 g/mol. The second kappa shape index (κ2) is 5.58. The monoisotopic (exact) mass is 283 g/mol.